The Morgan fingerprint density at radius 2 is 2.04 bits per heavy atom. The molecule has 0 aliphatic rings. The standard InChI is InChI=1S/C18H20ClN3O/c1-2-9-23-17-8-7-14(19)10-13(17)11-20-12-18-21-15-5-3-4-6-16(15)22-18/h3-8,10,20H,2,9,11-12H2,1H3,(H,21,22). The van der Waals surface area contributed by atoms with Gasteiger partial charge in [-0.2, -0.15) is 0 Å². The number of ether oxygens (including phenoxy) is 1. The number of nitrogens with one attached hydrogen (secondary N) is 2. The van der Waals surface area contributed by atoms with Crippen LogP contribution in [0.2, 0.25) is 5.02 Å². The predicted octanol–water partition coefficient (Wildman–Crippen LogP) is 4.29. The number of nitrogens with zero attached hydrogens (tertiary/aromatic N) is 1. The molecule has 0 bridgehead atoms. The van der Waals surface area contributed by atoms with Crippen molar-refractivity contribution >= 4 is 22.6 Å². The number of halogens is 1. The highest BCUT2D eigenvalue weighted by atomic mass is 35.5. The van der Waals surface area contributed by atoms with Crippen LogP contribution in [0, 0.1) is 0 Å². The summed E-state index contributed by atoms with van der Waals surface area (Å²) < 4.78 is 5.77. The molecule has 1 heterocycles. The van der Waals surface area contributed by atoms with E-state index in [4.69, 9.17) is 16.3 Å². The van der Waals surface area contributed by atoms with Gasteiger partial charge in [-0.1, -0.05) is 30.7 Å². The Labute approximate surface area is 140 Å². The normalized spacial score (nSPS) is 11.0. The molecule has 0 amide bonds. The van der Waals surface area contributed by atoms with Crippen molar-refractivity contribution in [2.45, 2.75) is 26.4 Å². The minimum atomic E-state index is 0.661. The zero-order valence-corrected chi connectivity index (χ0v) is 13.9. The number of aromatic amines is 1. The summed E-state index contributed by atoms with van der Waals surface area (Å²) >= 11 is 6.10. The van der Waals surface area contributed by atoms with E-state index in [0.717, 1.165) is 39.6 Å². The lowest BCUT2D eigenvalue weighted by atomic mass is 10.2. The number of aromatic nitrogens is 2. The zero-order chi connectivity index (χ0) is 16.1. The molecule has 4 nitrogen and oxygen atoms in total. The van der Waals surface area contributed by atoms with Gasteiger partial charge < -0.3 is 15.0 Å². The van der Waals surface area contributed by atoms with Gasteiger partial charge in [-0.3, -0.25) is 0 Å². The Kier molecular flexibility index (Phi) is 5.16. The number of imidazole rings is 1. The molecule has 0 radical (unpaired) electrons. The minimum absolute atomic E-state index is 0.661. The van der Waals surface area contributed by atoms with Crippen molar-refractivity contribution < 1.29 is 4.74 Å². The van der Waals surface area contributed by atoms with Crippen LogP contribution in [0.1, 0.15) is 24.7 Å². The smallest absolute Gasteiger partial charge is 0.123 e. The second kappa shape index (κ2) is 7.49. The topological polar surface area (TPSA) is 49.9 Å². The van der Waals surface area contributed by atoms with E-state index in [1.807, 2.05) is 42.5 Å². The molecule has 120 valence electrons. The third-order valence-electron chi connectivity index (χ3n) is 3.53. The SMILES string of the molecule is CCCOc1ccc(Cl)cc1CNCc1nc2ccccc2[nH]1. The molecule has 5 heteroatoms. The molecule has 0 unspecified atom stereocenters. The highest BCUT2D eigenvalue weighted by Crippen LogP contribution is 2.23. The zero-order valence-electron chi connectivity index (χ0n) is 13.1. The van der Waals surface area contributed by atoms with Crippen molar-refractivity contribution in [3.8, 4) is 5.75 Å². The van der Waals surface area contributed by atoms with Crippen LogP contribution < -0.4 is 10.1 Å². The molecule has 2 aromatic carbocycles. The van der Waals surface area contributed by atoms with E-state index in [-0.39, 0.29) is 0 Å². The summed E-state index contributed by atoms with van der Waals surface area (Å²) in [4.78, 5) is 7.87. The van der Waals surface area contributed by atoms with Crippen molar-refractivity contribution in [3.63, 3.8) is 0 Å². The van der Waals surface area contributed by atoms with Crippen molar-refractivity contribution in [2.24, 2.45) is 0 Å². The Morgan fingerprint density at radius 1 is 1.17 bits per heavy atom. The largest absolute Gasteiger partial charge is 0.493 e. The van der Waals surface area contributed by atoms with E-state index >= 15 is 0 Å². The number of benzene rings is 2. The van der Waals surface area contributed by atoms with Crippen LogP contribution in [0.25, 0.3) is 11.0 Å². The molecule has 23 heavy (non-hydrogen) atoms. The first-order valence-electron chi connectivity index (χ1n) is 7.82. The summed E-state index contributed by atoms with van der Waals surface area (Å²) in [5.74, 6) is 1.80. The molecule has 2 N–H and O–H groups in total. The van der Waals surface area contributed by atoms with Crippen molar-refractivity contribution in [3.05, 3.63) is 58.9 Å². The van der Waals surface area contributed by atoms with Gasteiger partial charge in [-0.25, -0.2) is 4.98 Å². The van der Waals surface area contributed by atoms with Crippen molar-refractivity contribution in [1.82, 2.24) is 15.3 Å². The quantitative estimate of drug-likeness (QED) is 0.679. The molecule has 3 rings (SSSR count). The second-order valence-corrected chi connectivity index (χ2v) is 5.84. The molecule has 1 aromatic heterocycles. The molecular weight excluding hydrogens is 310 g/mol. The monoisotopic (exact) mass is 329 g/mol. The molecular formula is C18H20ClN3O. The van der Waals surface area contributed by atoms with E-state index in [1.54, 1.807) is 0 Å². The number of H-pyrrole nitrogens is 1. The summed E-state index contributed by atoms with van der Waals surface area (Å²) in [6, 6.07) is 13.7. The fraction of sp³-hybridized carbons (Fsp3) is 0.278. The lowest BCUT2D eigenvalue weighted by Crippen LogP contribution is -2.14. The number of hydrogen-bond acceptors (Lipinski definition) is 3. The first kappa shape index (κ1) is 15.8. The first-order valence-corrected chi connectivity index (χ1v) is 8.19. The van der Waals surface area contributed by atoms with Gasteiger partial charge in [0.1, 0.15) is 11.6 Å². The van der Waals surface area contributed by atoms with Gasteiger partial charge in [-0.15, -0.1) is 0 Å². The van der Waals surface area contributed by atoms with Gasteiger partial charge >= 0.3 is 0 Å². The summed E-state index contributed by atoms with van der Waals surface area (Å²) in [6.45, 7) is 4.14. The van der Waals surface area contributed by atoms with Gasteiger partial charge in [0, 0.05) is 17.1 Å². The van der Waals surface area contributed by atoms with E-state index in [0.29, 0.717) is 19.7 Å². The lowest BCUT2D eigenvalue weighted by molar-refractivity contribution is 0.313. The Bertz CT molecular complexity index is 752. The van der Waals surface area contributed by atoms with E-state index in [9.17, 15) is 0 Å². The fourth-order valence-corrected chi connectivity index (χ4v) is 2.64. The van der Waals surface area contributed by atoms with Crippen LogP contribution in [0.3, 0.4) is 0 Å². The molecule has 0 aliphatic heterocycles. The molecule has 0 atom stereocenters. The summed E-state index contributed by atoms with van der Waals surface area (Å²) in [5.41, 5.74) is 3.10. The Hall–Kier alpha value is -2.04. The van der Waals surface area contributed by atoms with Crippen LogP contribution in [-0.2, 0) is 13.1 Å². The average molecular weight is 330 g/mol. The summed E-state index contributed by atoms with van der Waals surface area (Å²) in [7, 11) is 0. The maximum absolute atomic E-state index is 6.10. The molecule has 3 aromatic rings. The van der Waals surface area contributed by atoms with Gasteiger partial charge in [0.15, 0.2) is 0 Å². The van der Waals surface area contributed by atoms with Gasteiger partial charge in [0.2, 0.25) is 0 Å². The average Bonchev–Trinajstić information content (AvgIpc) is 2.97. The second-order valence-electron chi connectivity index (χ2n) is 5.40. The van der Waals surface area contributed by atoms with E-state index in [2.05, 4.69) is 22.2 Å². The molecule has 0 saturated heterocycles. The third-order valence-corrected chi connectivity index (χ3v) is 3.77. The van der Waals surface area contributed by atoms with Crippen LogP contribution in [0.4, 0.5) is 0 Å². The predicted molar refractivity (Wildman–Crippen MR) is 93.9 cm³/mol. The summed E-state index contributed by atoms with van der Waals surface area (Å²) in [5, 5.41) is 4.11. The number of rotatable bonds is 7. The van der Waals surface area contributed by atoms with Crippen LogP contribution in [0.15, 0.2) is 42.5 Å². The first-order chi connectivity index (χ1) is 11.3. The third kappa shape index (κ3) is 4.03. The molecule has 0 fully saturated rings. The number of fused-ring (bicyclic) bond motifs is 1. The highest BCUT2D eigenvalue weighted by molar-refractivity contribution is 6.30. The Balaban J connectivity index is 1.64. The molecule has 0 spiro atoms. The van der Waals surface area contributed by atoms with E-state index in [1.165, 1.54) is 0 Å². The number of para-hydroxylation sites is 2. The van der Waals surface area contributed by atoms with Gasteiger partial charge in [0.05, 0.1) is 24.2 Å². The van der Waals surface area contributed by atoms with Gasteiger partial charge in [-0.05, 0) is 36.8 Å². The minimum Gasteiger partial charge on any atom is -0.493 e. The molecule has 0 aliphatic carbocycles. The van der Waals surface area contributed by atoms with Crippen LogP contribution >= 0.6 is 11.6 Å². The maximum atomic E-state index is 6.10. The fourth-order valence-electron chi connectivity index (χ4n) is 2.44. The Morgan fingerprint density at radius 3 is 2.87 bits per heavy atom. The summed E-state index contributed by atoms with van der Waals surface area (Å²) in [6.07, 6.45) is 0.981. The van der Waals surface area contributed by atoms with Crippen molar-refractivity contribution in [2.75, 3.05) is 6.61 Å². The maximum Gasteiger partial charge on any atom is 0.123 e. The lowest BCUT2D eigenvalue weighted by Gasteiger charge is -2.12. The van der Waals surface area contributed by atoms with Gasteiger partial charge in [0.25, 0.3) is 0 Å². The number of hydrogen-bond donors (Lipinski definition) is 2. The highest BCUT2D eigenvalue weighted by Gasteiger charge is 2.06. The van der Waals surface area contributed by atoms with E-state index < -0.39 is 0 Å². The van der Waals surface area contributed by atoms with Crippen molar-refractivity contribution in [1.29, 1.82) is 0 Å². The van der Waals surface area contributed by atoms with Crippen LogP contribution in [-0.4, -0.2) is 16.6 Å². The molecule has 0 saturated carbocycles. The van der Waals surface area contributed by atoms with Crippen LogP contribution in [0.5, 0.6) is 5.75 Å².